The smallest absolute Gasteiger partial charge is 0.270 e. The summed E-state index contributed by atoms with van der Waals surface area (Å²) in [6, 6.07) is 12.3. The highest BCUT2D eigenvalue weighted by Gasteiger charge is 2.31. The number of nitrogens with zero attached hydrogens (tertiary/aromatic N) is 1. The molecule has 0 aliphatic heterocycles. The van der Waals surface area contributed by atoms with E-state index in [1.165, 1.54) is 12.1 Å². The van der Waals surface area contributed by atoms with E-state index in [1.54, 1.807) is 6.07 Å². The van der Waals surface area contributed by atoms with Gasteiger partial charge in [0.2, 0.25) is 0 Å². The van der Waals surface area contributed by atoms with Crippen molar-refractivity contribution in [2.45, 2.75) is 18.9 Å². The van der Waals surface area contributed by atoms with Gasteiger partial charge in [-0.2, -0.15) is 0 Å². The predicted octanol–water partition coefficient (Wildman–Crippen LogP) is 3.70. The summed E-state index contributed by atoms with van der Waals surface area (Å²) >= 11 is 6.12. The first-order valence-electron chi connectivity index (χ1n) is 6.75. The van der Waals surface area contributed by atoms with Crippen LogP contribution in [0.3, 0.4) is 0 Å². The van der Waals surface area contributed by atoms with Crippen LogP contribution in [0.5, 0.6) is 0 Å². The van der Waals surface area contributed by atoms with Gasteiger partial charge in [0, 0.05) is 12.1 Å². The van der Waals surface area contributed by atoms with E-state index in [-0.39, 0.29) is 11.6 Å². The number of aliphatic hydroxyl groups excluding tert-OH is 1. The van der Waals surface area contributed by atoms with Gasteiger partial charge in [-0.15, -0.1) is 0 Å². The van der Waals surface area contributed by atoms with E-state index in [0.29, 0.717) is 11.4 Å². The van der Waals surface area contributed by atoms with Crippen molar-refractivity contribution in [2.24, 2.45) is 5.92 Å². The summed E-state index contributed by atoms with van der Waals surface area (Å²) in [5, 5.41) is 21.5. The van der Waals surface area contributed by atoms with E-state index in [1.807, 2.05) is 24.3 Å². The summed E-state index contributed by atoms with van der Waals surface area (Å²) in [5.41, 5.74) is 2.95. The van der Waals surface area contributed by atoms with Crippen molar-refractivity contribution < 1.29 is 10.0 Å². The molecule has 2 aromatic rings. The maximum atomic E-state index is 10.7. The second kappa shape index (κ2) is 5.47. The molecule has 0 amide bonds. The summed E-state index contributed by atoms with van der Waals surface area (Å²) in [5.74, 6) is 0.0568. The molecule has 0 aromatic heterocycles. The third-order valence-corrected chi connectivity index (χ3v) is 4.38. The van der Waals surface area contributed by atoms with Crippen molar-refractivity contribution in [3.8, 4) is 0 Å². The van der Waals surface area contributed by atoms with E-state index in [9.17, 15) is 15.2 Å². The van der Waals surface area contributed by atoms with Gasteiger partial charge in [-0.05, 0) is 35.4 Å². The summed E-state index contributed by atoms with van der Waals surface area (Å²) in [6.07, 6.45) is 0.893. The predicted molar refractivity (Wildman–Crippen MR) is 80.4 cm³/mol. The molecular formula is C16H14ClNO3. The largest absolute Gasteiger partial charge is 0.388 e. The Morgan fingerprint density at radius 1 is 1.29 bits per heavy atom. The molecule has 1 aliphatic rings. The minimum Gasteiger partial charge on any atom is -0.388 e. The summed E-state index contributed by atoms with van der Waals surface area (Å²) in [6.45, 7) is 0. The molecule has 2 atom stereocenters. The molecule has 0 spiro atoms. The number of hydrogen-bond acceptors (Lipinski definition) is 3. The molecule has 5 heteroatoms. The van der Waals surface area contributed by atoms with E-state index in [0.717, 1.165) is 23.1 Å². The molecule has 2 unspecified atom stereocenters. The van der Waals surface area contributed by atoms with Crippen molar-refractivity contribution in [3.05, 3.63) is 74.3 Å². The Hall–Kier alpha value is -1.91. The number of nitro groups is 1. The zero-order chi connectivity index (χ0) is 15.0. The fraction of sp³-hybridized carbons (Fsp3) is 0.250. The van der Waals surface area contributed by atoms with Gasteiger partial charge in [0.05, 0.1) is 16.0 Å². The zero-order valence-corrected chi connectivity index (χ0v) is 12.0. The lowest BCUT2D eigenvalue weighted by Crippen LogP contribution is -2.10. The van der Waals surface area contributed by atoms with Crippen LogP contribution < -0.4 is 0 Å². The van der Waals surface area contributed by atoms with Gasteiger partial charge < -0.3 is 5.11 Å². The van der Waals surface area contributed by atoms with Crippen LogP contribution in [-0.2, 0) is 12.8 Å². The van der Waals surface area contributed by atoms with Crippen molar-refractivity contribution in [1.29, 1.82) is 0 Å². The third kappa shape index (κ3) is 2.64. The van der Waals surface area contributed by atoms with Crippen molar-refractivity contribution in [2.75, 3.05) is 0 Å². The fourth-order valence-electron chi connectivity index (χ4n) is 2.94. The van der Waals surface area contributed by atoms with Gasteiger partial charge in [-0.3, -0.25) is 10.1 Å². The molecule has 21 heavy (non-hydrogen) atoms. The summed E-state index contributed by atoms with van der Waals surface area (Å²) in [4.78, 5) is 10.3. The molecule has 0 saturated heterocycles. The first kappa shape index (κ1) is 14.0. The van der Waals surface area contributed by atoms with Crippen molar-refractivity contribution in [1.82, 2.24) is 0 Å². The molecule has 1 aliphatic carbocycles. The topological polar surface area (TPSA) is 63.4 Å². The van der Waals surface area contributed by atoms with Crippen LogP contribution in [0.15, 0.2) is 42.5 Å². The average Bonchev–Trinajstić information content (AvgIpc) is 2.78. The summed E-state index contributed by atoms with van der Waals surface area (Å²) in [7, 11) is 0. The van der Waals surface area contributed by atoms with Gasteiger partial charge >= 0.3 is 0 Å². The van der Waals surface area contributed by atoms with E-state index >= 15 is 0 Å². The third-order valence-electron chi connectivity index (χ3n) is 4.03. The first-order valence-corrected chi connectivity index (χ1v) is 7.12. The fourth-order valence-corrected chi connectivity index (χ4v) is 3.19. The molecule has 0 bridgehead atoms. The lowest BCUT2D eigenvalue weighted by molar-refractivity contribution is -0.384. The molecule has 4 nitrogen and oxygen atoms in total. The lowest BCUT2D eigenvalue weighted by Gasteiger charge is -2.15. The Morgan fingerprint density at radius 3 is 2.71 bits per heavy atom. The zero-order valence-electron chi connectivity index (χ0n) is 11.2. The lowest BCUT2D eigenvalue weighted by atomic mass is 9.94. The standard InChI is InChI=1S/C16H14ClNO3/c17-15-9-13(18(20)21)6-5-11(15)8-12-7-10-3-1-2-4-14(10)16(12)19/h1-6,9,12,16,19H,7-8H2. The van der Waals surface area contributed by atoms with Crippen molar-refractivity contribution in [3.63, 3.8) is 0 Å². The molecule has 0 saturated carbocycles. The molecule has 0 heterocycles. The Labute approximate surface area is 127 Å². The van der Waals surface area contributed by atoms with E-state index < -0.39 is 11.0 Å². The number of nitro benzene ring substituents is 1. The minimum absolute atomic E-state index is 0.0148. The molecule has 3 rings (SSSR count). The van der Waals surface area contributed by atoms with Gasteiger partial charge in [-0.1, -0.05) is 41.9 Å². The van der Waals surface area contributed by atoms with Crippen LogP contribution in [0, 0.1) is 16.0 Å². The number of aliphatic hydroxyl groups is 1. The van der Waals surface area contributed by atoms with Gasteiger partial charge in [0.15, 0.2) is 0 Å². The van der Waals surface area contributed by atoms with Crippen LogP contribution in [0.1, 0.15) is 22.8 Å². The monoisotopic (exact) mass is 303 g/mol. The minimum atomic E-state index is -0.507. The number of benzene rings is 2. The Kier molecular flexibility index (Phi) is 3.66. The average molecular weight is 304 g/mol. The Balaban J connectivity index is 1.81. The highest BCUT2D eigenvalue weighted by Crippen LogP contribution is 2.38. The molecular weight excluding hydrogens is 290 g/mol. The molecule has 0 radical (unpaired) electrons. The number of non-ortho nitro benzene ring substituents is 1. The number of rotatable bonds is 3. The second-order valence-corrected chi connectivity index (χ2v) is 5.75. The normalized spacial score (nSPS) is 20.3. The van der Waals surface area contributed by atoms with E-state index in [4.69, 9.17) is 11.6 Å². The SMILES string of the molecule is O=[N+]([O-])c1ccc(CC2Cc3ccccc3C2O)c(Cl)c1. The van der Waals surface area contributed by atoms with Gasteiger partial charge in [0.1, 0.15) is 0 Å². The Morgan fingerprint density at radius 2 is 2.05 bits per heavy atom. The maximum Gasteiger partial charge on any atom is 0.270 e. The van der Waals surface area contributed by atoms with Crippen LogP contribution in [0.25, 0.3) is 0 Å². The Bertz CT molecular complexity index is 702. The first-order chi connectivity index (χ1) is 10.1. The maximum absolute atomic E-state index is 10.7. The quantitative estimate of drug-likeness (QED) is 0.694. The van der Waals surface area contributed by atoms with E-state index in [2.05, 4.69) is 0 Å². The van der Waals surface area contributed by atoms with Gasteiger partial charge in [-0.25, -0.2) is 0 Å². The van der Waals surface area contributed by atoms with Crippen LogP contribution in [-0.4, -0.2) is 10.0 Å². The molecule has 2 aromatic carbocycles. The van der Waals surface area contributed by atoms with Crippen molar-refractivity contribution >= 4 is 17.3 Å². The van der Waals surface area contributed by atoms with Crippen LogP contribution >= 0.6 is 11.6 Å². The summed E-state index contributed by atoms with van der Waals surface area (Å²) < 4.78 is 0. The van der Waals surface area contributed by atoms with Crippen LogP contribution in [0.4, 0.5) is 5.69 Å². The molecule has 0 fully saturated rings. The molecule has 108 valence electrons. The van der Waals surface area contributed by atoms with Gasteiger partial charge in [0.25, 0.3) is 5.69 Å². The van der Waals surface area contributed by atoms with Crippen LogP contribution in [0.2, 0.25) is 5.02 Å². The number of fused-ring (bicyclic) bond motifs is 1. The highest BCUT2D eigenvalue weighted by atomic mass is 35.5. The molecule has 1 N–H and O–H groups in total. The number of halogens is 1. The number of hydrogen-bond donors (Lipinski definition) is 1. The second-order valence-electron chi connectivity index (χ2n) is 5.34. The highest BCUT2D eigenvalue weighted by molar-refractivity contribution is 6.31.